The van der Waals surface area contributed by atoms with Gasteiger partial charge in [-0.2, -0.15) is 0 Å². The molecule has 0 aromatic carbocycles. The second-order valence-electron chi connectivity index (χ2n) is 15.5. The van der Waals surface area contributed by atoms with Gasteiger partial charge in [-0.3, -0.25) is 14.4 Å². The van der Waals surface area contributed by atoms with Gasteiger partial charge in [-0.05, 0) is 113 Å². The summed E-state index contributed by atoms with van der Waals surface area (Å²) >= 11 is 0. The lowest BCUT2D eigenvalue weighted by atomic mass is 9.43. The summed E-state index contributed by atoms with van der Waals surface area (Å²) in [5.74, 6) is 1.06. The average molecular weight is 649 g/mol. The van der Waals surface area contributed by atoms with E-state index in [9.17, 15) is 14.4 Å². The van der Waals surface area contributed by atoms with E-state index in [1.54, 1.807) is 0 Å². The van der Waals surface area contributed by atoms with E-state index in [1.807, 2.05) is 0 Å². The fourth-order valence-electron chi connectivity index (χ4n) is 10.6. The lowest BCUT2D eigenvalue weighted by molar-refractivity contribution is -0.225. The first-order valence-corrected chi connectivity index (χ1v) is 18.3. The third kappa shape index (κ3) is 7.76. The van der Waals surface area contributed by atoms with Gasteiger partial charge in [-0.1, -0.05) is 27.7 Å². The first kappa shape index (κ1) is 37.1. The van der Waals surface area contributed by atoms with Crippen LogP contribution in [-0.4, -0.2) is 80.9 Å². The lowest BCUT2D eigenvalue weighted by Crippen LogP contribution is -2.63. The number of rotatable bonds is 15. The number of hydrogen-bond donors (Lipinski definition) is 3. The molecule has 3 unspecified atom stereocenters. The Bertz CT molecular complexity index is 1040. The first-order chi connectivity index (χ1) is 21.9. The van der Waals surface area contributed by atoms with Crippen LogP contribution >= 0.6 is 0 Å². The van der Waals surface area contributed by atoms with E-state index in [4.69, 9.17) is 31.4 Å². The van der Waals surface area contributed by atoms with Crippen molar-refractivity contribution in [2.24, 2.45) is 63.5 Å². The monoisotopic (exact) mass is 648 g/mol. The van der Waals surface area contributed by atoms with Gasteiger partial charge >= 0.3 is 17.9 Å². The summed E-state index contributed by atoms with van der Waals surface area (Å²) in [5, 5.41) is 0. The zero-order chi connectivity index (χ0) is 33.6. The Labute approximate surface area is 277 Å². The van der Waals surface area contributed by atoms with E-state index in [2.05, 4.69) is 39.6 Å². The maximum Gasteiger partial charge on any atom is 0.307 e. The molecule has 4 rings (SSSR count). The third-order valence-electron chi connectivity index (χ3n) is 13.1. The van der Waals surface area contributed by atoms with Gasteiger partial charge in [0.15, 0.2) is 0 Å². The van der Waals surface area contributed by atoms with Crippen molar-refractivity contribution in [3.63, 3.8) is 0 Å². The van der Waals surface area contributed by atoms with Crippen LogP contribution in [0.2, 0.25) is 0 Å². The highest BCUT2D eigenvalue weighted by molar-refractivity contribution is 5.70. The molecule has 0 radical (unpaired) electrons. The number of fused-ring (bicyclic) bond motifs is 5. The topological polar surface area (TPSA) is 160 Å². The summed E-state index contributed by atoms with van der Waals surface area (Å²) in [6.07, 6.45) is 8.38. The minimum absolute atomic E-state index is 0.0491. The molecule has 4 aliphatic carbocycles. The standard InChI is InChI=1S/C36H64N4O6/c1-6-40(5)19-7-8-23(2)26-9-10-27-34-28(22-30(36(26,27)4)46-33(43)14-18-39)35(3)15-11-25(44-31(41)12-16-37)20-24(35)21-29(34)45-32(42)13-17-38/h23-30,34H,6-22,37-39H2,1-5H3/t23-,24?,25-,26-,27+,28+,29-,30+,34?,35+,36?/m1/s1. The third-order valence-corrected chi connectivity index (χ3v) is 13.1. The van der Waals surface area contributed by atoms with Crippen molar-refractivity contribution in [3.05, 3.63) is 0 Å². The SMILES string of the molecule is CCN(C)CCC[C@@H](C)[C@H]1CC[C@H]2C3[C@H](OC(=O)CCN)CC4C[C@H](OC(=O)CCN)CC[C@]4(C)[C@H]3C[C@H](OC(=O)CCN)C12C. The Kier molecular flexibility index (Phi) is 13.0. The van der Waals surface area contributed by atoms with Crippen LogP contribution in [0.4, 0.5) is 0 Å². The number of esters is 3. The van der Waals surface area contributed by atoms with Gasteiger partial charge < -0.3 is 36.3 Å². The van der Waals surface area contributed by atoms with Crippen LogP contribution in [0.5, 0.6) is 0 Å². The summed E-state index contributed by atoms with van der Waals surface area (Å²) in [4.78, 5) is 41.0. The summed E-state index contributed by atoms with van der Waals surface area (Å²) < 4.78 is 18.7. The Morgan fingerprint density at radius 3 is 2.11 bits per heavy atom. The van der Waals surface area contributed by atoms with Crippen molar-refractivity contribution in [1.29, 1.82) is 0 Å². The number of hydrogen-bond acceptors (Lipinski definition) is 10. The molecule has 4 aliphatic rings. The van der Waals surface area contributed by atoms with E-state index < -0.39 is 0 Å². The molecule has 0 aliphatic heterocycles. The van der Waals surface area contributed by atoms with E-state index in [1.165, 1.54) is 0 Å². The molecule has 46 heavy (non-hydrogen) atoms. The van der Waals surface area contributed by atoms with Gasteiger partial charge in [0.1, 0.15) is 18.3 Å². The number of carbonyl (C=O) groups excluding carboxylic acids is 3. The van der Waals surface area contributed by atoms with Crippen molar-refractivity contribution in [2.45, 2.75) is 123 Å². The highest BCUT2D eigenvalue weighted by atomic mass is 16.6. The van der Waals surface area contributed by atoms with Crippen molar-refractivity contribution in [3.8, 4) is 0 Å². The van der Waals surface area contributed by atoms with Crippen molar-refractivity contribution < 1.29 is 28.6 Å². The van der Waals surface area contributed by atoms with Gasteiger partial charge in [-0.15, -0.1) is 0 Å². The highest BCUT2D eigenvalue weighted by Crippen LogP contribution is 2.69. The lowest BCUT2D eigenvalue weighted by Gasteiger charge is -2.64. The molecule has 6 N–H and O–H groups in total. The fraction of sp³-hybridized carbons (Fsp3) is 0.917. The summed E-state index contributed by atoms with van der Waals surface area (Å²) in [5.41, 5.74) is 16.9. The van der Waals surface area contributed by atoms with Crippen molar-refractivity contribution in [1.82, 2.24) is 4.90 Å². The molecule has 11 atom stereocenters. The van der Waals surface area contributed by atoms with Crippen LogP contribution in [0.1, 0.15) is 105 Å². The van der Waals surface area contributed by atoms with Gasteiger partial charge in [0.05, 0.1) is 19.3 Å². The largest absolute Gasteiger partial charge is 0.462 e. The number of carbonyl (C=O) groups is 3. The molecule has 4 saturated carbocycles. The van der Waals surface area contributed by atoms with Crippen LogP contribution in [0.15, 0.2) is 0 Å². The zero-order valence-corrected chi connectivity index (χ0v) is 29.3. The van der Waals surface area contributed by atoms with E-state index in [0.29, 0.717) is 11.8 Å². The first-order valence-electron chi connectivity index (χ1n) is 18.3. The fourth-order valence-corrected chi connectivity index (χ4v) is 10.6. The predicted octanol–water partition coefficient (Wildman–Crippen LogP) is 4.01. The van der Waals surface area contributed by atoms with Gasteiger partial charge in [0, 0.05) is 31.0 Å². The van der Waals surface area contributed by atoms with Crippen LogP contribution in [0, 0.1) is 46.3 Å². The summed E-state index contributed by atoms with van der Waals surface area (Å²) in [7, 11) is 2.17. The number of ether oxygens (including phenoxy) is 3. The summed E-state index contributed by atoms with van der Waals surface area (Å²) in [6, 6.07) is 0. The average Bonchev–Trinajstić information content (AvgIpc) is 3.36. The van der Waals surface area contributed by atoms with E-state index >= 15 is 0 Å². The van der Waals surface area contributed by atoms with E-state index in [-0.39, 0.29) is 110 Å². The summed E-state index contributed by atoms with van der Waals surface area (Å²) in [6.45, 7) is 12.3. The Hall–Kier alpha value is -1.75. The molecule has 0 spiro atoms. The molecule has 10 heteroatoms. The van der Waals surface area contributed by atoms with Crippen LogP contribution < -0.4 is 17.2 Å². The zero-order valence-electron chi connectivity index (χ0n) is 29.3. The van der Waals surface area contributed by atoms with Crippen molar-refractivity contribution >= 4 is 17.9 Å². The maximum absolute atomic E-state index is 13.2. The molecule has 0 saturated heterocycles. The molecular formula is C36H64N4O6. The predicted molar refractivity (Wildman–Crippen MR) is 178 cm³/mol. The second-order valence-corrected chi connectivity index (χ2v) is 15.5. The minimum atomic E-state index is -0.247. The maximum atomic E-state index is 13.2. The quantitative estimate of drug-likeness (QED) is 0.175. The normalized spacial score (nSPS) is 37.5. The molecule has 0 amide bonds. The number of nitrogens with zero attached hydrogens (tertiary/aromatic N) is 1. The number of nitrogens with two attached hydrogens (primary N) is 3. The molecular weight excluding hydrogens is 584 g/mol. The van der Waals surface area contributed by atoms with Crippen LogP contribution in [0.25, 0.3) is 0 Å². The Morgan fingerprint density at radius 2 is 1.48 bits per heavy atom. The Morgan fingerprint density at radius 1 is 0.848 bits per heavy atom. The molecule has 0 aromatic rings. The second kappa shape index (κ2) is 16.1. The molecule has 4 fully saturated rings. The minimum Gasteiger partial charge on any atom is -0.462 e. The van der Waals surface area contributed by atoms with Crippen LogP contribution in [0.3, 0.4) is 0 Å². The molecule has 0 heterocycles. The molecule has 264 valence electrons. The highest BCUT2D eigenvalue weighted by Gasteiger charge is 2.67. The molecule has 0 aromatic heterocycles. The van der Waals surface area contributed by atoms with E-state index in [0.717, 1.165) is 70.9 Å². The Balaban J connectivity index is 1.68. The smallest absolute Gasteiger partial charge is 0.307 e. The molecule has 10 nitrogen and oxygen atoms in total. The van der Waals surface area contributed by atoms with Gasteiger partial charge in [0.2, 0.25) is 0 Å². The molecule has 0 bridgehead atoms. The van der Waals surface area contributed by atoms with Crippen molar-refractivity contribution in [2.75, 3.05) is 39.8 Å². The van der Waals surface area contributed by atoms with Gasteiger partial charge in [-0.25, -0.2) is 0 Å². The van der Waals surface area contributed by atoms with Crippen LogP contribution in [-0.2, 0) is 28.6 Å². The van der Waals surface area contributed by atoms with Gasteiger partial charge in [0.25, 0.3) is 0 Å².